The normalized spacial score (nSPS) is 16.2. The highest BCUT2D eigenvalue weighted by molar-refractivity contribution is 5.94. The summed E-state index contributed by atoms with van der Waals surface area (Å²) in [6.45, 7) is 0. The van der Waals surface area contributed by atoms with Gasteiger partial charge >= 0.3 is 0 Å². The van der Waals surface area contributed by atoms with Gasteiger partial charge in [0.15, 0.2) is 5.82 Å². The van der Waals surface area contributed by atoms with Crippen LogP contribution in [0, 0.1) is 5.92 Å². The molecule has 2 N–H and O–H groups in total. The zero-order valence-corrected chi connectivity index (χ0v) is 9.71. The minimum atomic E-state index is -0.142. The van der Waals surface area contributed by atoms with Crippen molar-refractivity contribution >= 4 is 5.91 Å². The second kappa shape index (κ2) is 4.56. The summed E-state index contributed by atoms with van der Waals surface area (Å²) in [5.74, 6) is 0.884. The van der Waals surface area contributed by atoms with Crippen LogP contribution in [-0.2, 0) is 0 Å². The SMILES string of the molecule is O=C(N[C@H](c1nn[nH]n1)C1CC1)c1ccccc1. The molecule has 6 nitrogen and oxygen atoms in total. The lowest BCUT2D eigenvalue weighted by Crippen LogP contribution is -2.30. The number of carbonyl (C=O) groups excluding carboxylic acids is 1. The van der Waals surface area contributed by atoms with Gasteiger partial charge < -0.3 is 5.32 Å². The lowest BCUT2D eigenvalue weighted by atomic mass is 10.1. The summed E-state index contributed by atoms with van der Waals surface area (Å²) in [6.07, 6.45) is 2.18. The number of hydrogen-bond acceptors (Lipinski definition) is 4. The Morgan fingerprint density at radius 1 is 1.33 bits per heavy atom. The highest BCUT2D eigenvalue weighted by Crippen LogP contribution is 2.39. The smallest absolute Gasteiger partial charge is 0.251 e. The number of tetrazole rings is 1. The summed E-state index contributed by atoms with van der Waals surface area (Å²) in [5, 5.41) is 16.9. The molecule has 1 aromatic heterocycles. The molecule has 1 aliphatic carbocycles. The van der Waals surface area contributed by atoms with E-state index >= 15 is 0 Å². The van der Waals surface area contributed by atoms with Crippen molar-refractivity contribution in [1.82, 2.24) is 25.9 Å². The van der Waals surface area contributed by atoms with E-state index in [4.69, 9.17) is 0 Å². The van der Waals surface area contributed by atoms with E-state index in [9.17, 15) is 4.79 Å². The summed E-state index contributed by atoms with van der Waals surface area (Å²) in [6, 6.07) is 9.00. The van der Waals surface area contributed by atoms with E-state index in [-0.39, 0.29) is 11.9 Å². The molecule has 1 aliphatic rings. The van der Waals surface area contributed by atoms with Crippen LogP contribution in [0.1, 0.15) is 35.1 Å². The quantitative estimate of drug-likeness (QED) is 0.841. The van der Waals surface area contributed by atoms with Gasteiger partial charge in [-0.3, -0.25) is 4.79 Å². The van der Waals surface area contributed by atoms with Gasteiger partial charge in [0, 0.05) is 5.56 Å². The van der Waals surface area contributed by atoms with Crippen LogP contribution in [-0.4, -0.2) is 26.5 Å². The van der Waals surface area contributed by atoms with Crippen LogP contribution < -0.4 is 5.32 Å². The number of aromatic nitrogens is 4. The number of aromatic amines is 1. The molecule has 1 amide bonds. The number of carbonyl (C=O) groups is 1. The molecule has 1 saturated carbocycles. The Labute approximate surface area is 104 Å². The van der Waals surface area contributed by atoms with Crippen molar-refractivity contribution in [3.8, 4) is 0 Å². The van der Waals surface area contributed by atoms with E-state index in [0.717, 1.165) is 12.8 Å². The standard InChI is InChI=1S/C12H13N5O/c18-12(9-4-2-1-3-5-9)13-10(8-6-7-8)11-14-16-17-15-11/h1-5,8,10H,6-7H2,(H,13,18)(H,14,15,16,17)/t10-/m0/s1. The van der Waals surface area contributed by atoms with Crippen LogP contribution in [0.3, 0.4) is 0 Å². The molecule has 1 aromatic carbocycles. The Balaban J connectivity index is 1.76. The van der Waals surface area contributed by atoms with Crippen LogP contribution in [0.2, 0.25) is 0 Å². The summed E-state index contributed by atoms with van der Waals surface area (Å²) in [4.78, 5) is 12.1. The maximum Gasteiger partial charge on any atom is 0.251 e. The number of nitrogens with zero attached hydrogens (tertiary/aromatic N) is 3. The molecular weight excluding hydrogens is 230 g/mol. The first kappa shape index (κ1) is 10.9. The average Bonchev–Trinajstić information content (AvgIpc) is 3.11. The summed E-state index contributed by atoms with van der Waals surface area (Å²) in [5.41, 5.74) is 0.645. The van der Waals surface area contributed by atoms with Crippen molar-refractivity contribution in [3.05, 3.63) is 41.7 Å². The maximum atomic E-state index is 12.1. The third kappa shape index (κ3) is 2.22. The summed E-state index contributed by atoms with van der Waals surface area (Å²) >= 11 is 0. The molecule has 18 heavy (non-hydrogen) atoms. The number of rotatable bonds is 4. The molecular formula is C12H13N5O. The molecule has 0 saturated heterocycles. The van der Waals surface area contributed by atoms with Gasteiger partial charge in [-0.2, -0.15) is 5.21 Å². The Kier molecular flexibility index (Phi) is 2.76. The third-order valence-corrected chi connectivity index (χ3v) is 3.06. The van der Waals surface area contributed by atoms with Crippen LogP contribution in [0.4, 0.5) is 0 Å². The minimum Gasteiger partial charge on any atom is -0.342 e. The largest absolute Gasteiger partial charge is 0.342 e. The highest BCUT2D eigenvalue weighted by atomic mass is 16.1. The first-order valence-electron chi connectivity index (χ1n) is 5.94. The van der Waals surface area contributed by atoms with E-state index in [1.54, 1.807) is 12.1 Å². The van der Waals surface area contributed by atoms with Crippen LogP contribution in [0.25, 0.3) is 0 Å². The van der Waals surface area contributed by atoms with Crippen molar-refractivity contribution in [2.75, 3.05) is 0 Å². The Morgan fingerprint density at radius 2 is 2.11 bits per heavy atom. The Morgan fingerprint density at radius 3 is 2.72 bits per heavy atom. The third-order valence-electron chi connectivity index (χ3n) is 3.06. The molecule has 6 heteroatoms. The van der Waals surface area contributed by atoms with Crippen LogP contribution in [0.15, 0.2) is 30.3 Å². The van der Waals surface area contributed by atoms with Crippen molar-refractivity contribution in [2.24, 2.45) is 5.92 Å². The van der Waals surface area contributed by atoms with E-state index < -0.39 is 0 Å². The lowest BCUT2D eigenvalue weighted by molar-refractivity contribution is 0.0929. The molecule has 1 heterocycles. The Bertz CT molecular complexity index is 521. The first-order valence-corrected chi connectivity index (χ1v) is 5.94. The fourth-order valence-corrected chi connectivity index (χ4v) is 1.94. The molecule has 2 aromatic rings. The predicted octanol–water partition coefficient (Wildman–Crippen LogP) is 1.08. The first-order chi connectivity index (χ1) is 8.84. The summed E-state index contributed by atoms with van der Waals surface area (Å²) < 4.78 is 0. The van der Waals surface area contributed by atoms with Gasteiger partial charge in [0.2, 0.25) is 0 Å². The minimum absolute atomic E-state index is 0.0997. The topological polar surface area (TPSA) is 83.6 Å². The number of H-pyrrole nitrogens is 1. The zero-order valence-electron chi connectivity index (χ0n) is 9.71. The monoisotopic (exact) mass is 243 g/mol. The fourth-order valence-electron chi connectivity index (χ4n) is 1.94. The highest BCUT2D eigenvalue weighted by Gasteiger charge is 2.36. The van der Waals surface area contributed by atoms with E-state index in [1.807, 2.05) is 18.2 Å². The van der Waals surface area contributed by atoms with Crippen LogP contribution >= 0.6 is 0 Å². The van der Waals surface area contributed by atoms with Gasteiger partial charge in [-0.1, -0.05) is 23.4 Å². The molecule has 92 valence electrons. The zero-order chi connectivity index (χ0) is 12.4. The van der Waals surface area contributed by atoms with Crippen molar-refractivity contribution in [3.63, 3.8) is 0 Å². The predicted molar refractivity (Wildman–Crippen MR) is 63.6 cm³/mol. The lowest BCUT2D eigenvalue weighted by Gasteiger charge is -2.14. The summed E-state index contributed by atoms with van der Waals surface area (Å²) in [7, 11) is 0. The van der Waals surface area contributed by atoms with Gasteiger partial charge in [-0.05, 0) is 30.9 Å². The second-order valence-corrected chi connectivity index (χ2v) is 4.42. The molecule has 0 bridgehead atoms. The van der Waals surface area contributed by atoms with E-state index in [0.29, 0.717) is 17.3 Å². The maximum absolute atomic E-state index is 12.1. The number of hydrogen-bond donors (Lipinski definition) is 2. The molecule has 3 rings (SSSR count). The average molecular weight is 243 g/mol. The molecule has 1 atom stereocenters. The van der Waals surface area contributed by atoms with Crippen molar-refractivity contribution < 1.29 is 4.79 Å². The van der Waals surface area contributed by atoms with Gasteiger partial charge in [0.1, 0.15) is 0 Å². The van der Waals surface area contributed by atoms with Gasteiger partial charge in [-0.25, -0.2) is 0 Å². The van der Waals surface area contributed by atoms with Crippen molar-refractivity contribution in [1.29, 1.82) is 0 Å². The Hall–Kier alpha value is -2.24. The fraction of sp³-hybridized carbons (Fsp3) is 0.333. The van der Waals surface area contributed by atoms with E-state index in [1.165, 1.54) is 0 Å². The van der Waals surface area contributed by atoms with E-state index in [2.05, 4.69) is 25.9 Å². The molecule has 0 spiro atoms. The van der Waals surface area contributed by atoms with Crippen molar-refractivity contribution in [2.45, 2.75) is 18.9 Å². The van der Waals surface area contributed by atoms with Gasteiger partial charge in [0.25, 0.3) is 5.91 Å². The van der Waals surface area contributed by atoms with Gasteiger partial charge in [-0.15, -0.1) is 10.2 Å². The molecule has 1 fully saturated rings. The molecule has 0 aliphatic heterocycles. The molecule has 0 unspecified atom stereocenters. The van der Waals surface area contributed by atoms with Crippen LogP contribution in [0.5, 0.6) is 0 Å². The molecule has 0 radical (unpaired) electrons. The second-order valence-electron chi connectivity index (χ2n) is 4.42. The number of nitrogens with one attached hydrogen (secondary N) is 2. The number of amides is 1. The van der Waals surface area contributed by atoms with Gasteiger partial charge in [0.05, 0.1) is 6.04 Å². The number of benzene rings is 1.